The monoisotopic (exact) mass is 429 g/mol. The van der Waals surface area contributed by atoms with Gasteiger partial charge in [0.25, 0.3) is 0 Å². The molecule has 0 spiro atoms. The second-order valence-electron chi connectivity index (χ2n) is 8.26. The number of nitrogens with one attached hydrogen (secondary N) is 1. The molecule has 162 valence electrons. The van der Waals surface area contributed by atoms with Crippen LogP contribution in [0.25, 0.3) is 0 Å². The second-order valence-corrected chi connectivity index (χ2v) is 10.2. The highest BCUT2D eigenvalue weighted by Crippen LogP contribution is 2.37. The van der Waals surface area contributed by atoms with E-state index in [2.05, 4.69) is 5.32 Å². The number of likely N-dealkylation sites (N-methyl/N-ethyl adjacent to an activating group) is 1. The first-order chi connectivity index (χ1) is 14.3. The molecule has 0 aliphatic carbocycles. The Kier molecular flexibility index (Phi) is 7.28. The quantitative estimate of drug-likeness (QED) is 0.735. The minimum atomic E-state index is -3.73. The molecule has 6 nitrogen and oxygen atoms in total. The summed E-state index contributed by atoms with van der Waals surface area (Å²) in [5, 5.41) is 3.05. The van der Waals surface area contributed by atoms with E-state index in [0.717, 1.165) is 12.1 Å². The van der Waals surface area contributed by atoms with Gasteiger partial charge in [-0.1, -0.05) is 48.5 Å². The smallest absolute Gasteiger partial charge is 0.243 e. The number of rotatable bonds is 7. The maximum atomic E-state index is 13.5. The van der Waals surface area contributed by atoms with Crippen LogP contribution in [0, 0.1) is 5.92 Å². The summed E-state index contributed by atoms with van der Waals surface area (Å²) in [5.41, 5.74) is 0.955. The molecule has 0 radical (unpaired) electrons. The molecule has 1 N–H and O–H groups in total. The van der Waals surface area contributed by atoms with Gasteiger partial charge in [-0.15, -0.1) is 0 Å². The van der Waals surface area contributed by atoms with Crippen LogP contribution in [0.3, 0.4) is 0 Å². The molecule has 3 rings (SSSR count). The van der Waals surface area contributed by atoms with Gasteiger partial charge in [-0.3, -0.25) is 4.79 Å². The summed E-state index contributed by atoms with van der Waals surface area (Å²) in [6.07, 6.45) is 1.26. The van der Waals surface area contributed by atoms with Gasteiger partial charge in [-0.2, -0.15) is 4.31 Å². The Hall–Kier alpha value is -2.22. The highest BCUT2D eigenvalue weighted by atomic mass is 32.2. The zero-order chi connectivity index (χ0) is 21.7. The van der Waals surface area contributed by atoms with Crippen LogP contribution in [0.1, 0.15) is 31.4 Å². The molecule has 0 bridgehead atoms. The number of hydrogen-bond acceptors (Lipinski definition) is 4. The predicted octanol–water partition coefficient (Wildman–Crippen LogP) is 2.89. The third kappa shape index (κ3) is 5.28. The van der Waals surface area contributed by atoms with E-state index in [0.29, 0.717) is 12.8 Å². The van der Waals surface area contributed by atoms with E-state index in [1.165, 1.54) is 4.31 Å². The zero-order valence-electron chi connectivity index (χ0n) is 17.9. The number of hydrogen-bond donors (Lipinski definition) is 1. The lowest BCUT2D eigenvalue weighted by Crippen LogP contribution is -2.49. The molecule has 1 fully saturated rings. The van der Waals surface area contributed by atoms with Crippen LogP contribution in [0.15, 0.2) is 65.6 Å². The van der Waals surface area contributed by atoms with Crippen molar-refractivity contribution in [2.45, 2.75) is 36.7 Å². The molecular formula is C23H31N3O3S. The third-order valence-electron chi connectivity index (χ3n) is 5.47. The topological polar surface area (TPSA) is 69.7 Å². The van der Waals surface area contributed by atoms with E-state index >= 15 is 0 Å². The third-order valence-corrected chi connectivity index (χ3v) is 7.36. The molecule has 7 heteroatoms. The zero-order valence-corrected chi connectivity index (χ0v) is 18.7. The van der Waals surface area contributed by atoms with Crippen molar-refractivity contribution >= 4 is 15.9 Å². The molecule has 3 atom stereocenters. The van der Waals surface area contributed by atoms with Crippen molar-refractivity contribution in [3.63, 3.8) is 0 Å². The minimum Gasteiger partial charge on any atom is -0.352 e. The number of benzene rings is 2. The van der Waals surface area contributed by atoms with Gasteiger partial charge in [0.15, 0.2) is 0 Å². The maximum Gasteiger partial charge on any atom is 0.243 e. The first-order valence-electron chi connectivity index (χ1n) is 10.4. The second kappa shape index (κ2) is 9.73. The summed E-state index contributed by atoms with van der Waals surface area (Å²) in [5.74, 6) is -0.447. The molecule has 2 aromatic carbocycles. The van der Waals surface area contributed by atoms with Crippen LogP contribution in [-0.4, -0.2) is 56.8 Å². The summed E-state index contributed by atoms with van der Waals surface area (Å²) < 4.78 is 28.5. The molecule has 1 aliphatic rings. The summed E-state index contributed by atoms with van der Waals surface area (Å²) in [6, 6.07) is 17.9. The van der Waals surface area contributed by atoms with Crippen molar-refractivity contribution in [3.8, 4) is 0 Å². The van der Waals surface area contributed by atoms with Crippen LogP contribution in [0.5, 0.6) is 0 Å². The van der Waals surface area contributed by atoms with Gasteiger partial charge in [0.2, 0.25) is 15.9 Å². The molecule has 1 aliphatic heterocycles. The summed E-state index contributed by atoms with van der Waals surface area (Å²) in [4.78, 5) is 15.2. The van der Waals surface area contributed by atoms with Crippen molar-refractivity contribution in [3.05, 3.63) is 66.2 Å². The van der Waals surface area contributed by atoms with Gasteiger partial charge in [0.05, 0.1) is 16.9 Å². The van der Waals surface area contributed by atoms with Crippen LogP contribution in [0.2, 0.25) is 0 Å². The fraction of sp³-hybridized carbons (Fsp3) is 0.435. The molecular weight excluding hydrogens is 398 g/mol. The highest BCUT2D eigenvalue weighted by molar-refractivity contribution is 7.89. The van der Waals surface area contributed by atoms with Crippen molar-refractivity contribution in [2.24, 2.45) is 5.92 Å². The van der Waals surface area contributed by atoms with E-state index in [-0.39, 0.29) is 35.3 Å². The van der Waals surface area contributed by atoms with Gasteiger partial charge in [0, 0.05) is 19.1 Å². The number of amides is 1. The van der Waals surface area contributed by atoms with Crippen molar-refractivity contribution in [2.75, 3.05) is 27.2 Å². The van der Waals surface area contributed by atoms with E-state index in [1.54, 1.807) is 30.3 Å². The highest BCUT2D eigenvalue weighted by Gasteiger charge is 2.40. The lowest BCUT2D eigenvalue weighted by Gasteiger charge is -2.38. The number of carbonyl (C=O) groups excluding carboxylic acids is 1. The molecule has 1 amide bonds. The normalized spacial score (nSPS) is 21.3. The Labute approximate surface area is 179 Å². The molecule has 0 aromatic heterocycles. The predicted molar refractivity (Wildman–Crippen MR) is 118 cm³/mol. The summed E-state index contributed by atoms with van der Waals surface area (Å²) in [7, 11) is 0.192. The van der Waals surface area contributed by atoms with Gasteiger partial charge in [-0.25, -0.2) is 8.42 Å². The van der Waals surface area contributed by atoms with Crippen LogP contribution in [-0.2, 0) is 14.8 Å². The van der Waals surface area contributed by atoms with Gasteiger partial charge >= 0.3 is 0 Å². The number of piperidine rings is 1. The summed E-state index contributed by atoms with van der Waals surface area (Å²) in [6.45, 7) is 2.88. The number of nitrogens with zero attached hydrogens (tertiary/aromatic N) is 2. The first kappa shape index (κ1) is 22.5. The fourth-order valence-electron chi connectivity index (χ4n) is 4.11. The van der Waals surface area contributed by atoms with Crippen LogP contribution >= 0.6 is 0 Å². The van der Waals surface area contributed by atoms with Gasteiger partial charge in [0.1, 0.15) is 0 Å². The lowest BCUT2D eigenvalue weighted by atomic mass is 9.90. The van der Waals surface area contributed by atoms with Crippen molar-refractivity contribution in [1.82, 2.24) is 14.5 Å². The van der Waals surface area contributed by atoms with E-state index in [4.69, 9.17) is 0 Å². The van der Waals surface area contributed by atoms with Crippen LogP contribution < -0.4 is 5.32 Å². The Bertz CT molecular complexity index is 933. The van der Waals surface area contributed by atoms with Gasteiger partial charge < -0.3 is 10.2 Å². The summed E-state index contributed by atoms with van der Waals surface area (Å²) >= 11 is 0. The lowest BCUT2D eigenvalue weighted by molar-refractivity contribution is -0.127. The molecule has 2 aromatic rings. The Morgan fingerprint density at radius 3 is 2.27 bits per heavy atom. The van der Waals surface area contributed by atoms with E-state index in [1.807, 2.05) is 56.3 Å². The largest absolute Gasteiger partial charge is 0.352 e. The average molecular weight is 430 g/mol. The molecule has 0 saturated carbocycles. The van der Waals surface area contributed by atoms with Crippen molar-refractivity contribution in [1.29, 1.82) is 0 Å². The standard InChI is InChI=1S/C23H31N3O3S/c1-18(16-25(2)3)24-23(27)20-14-15-22(19-10-6-4-7-11-19)26(17-20)30(28,29)21-12-8-5-9-13-21/h4-13,18,20,22H,14-17H2,1-3H3,(H,24,27)/t18?,20-,22-/m1/s1. The van der Waals surface area contributed by atoms with Crippen molar-refractivity contribution < 1.29 is 13.2 Å². The Morgan fingerprint density at radius 2 is 1.67 bits per heavy atom. The van der Waals surface area contributed by atoms with Crippen LogP contribution in [0.4, 0.5) is 0 Å². The average Bonchev–Trinajstić information content (AvgIpc) is 2.74. The Morgan fingerprint density at radius 1 is 1.07 bits per heavy atom. The van der Waals surface area contributed by atoms with Gasteiger partial charge in [-0.05, 0) is 51.6 Å². The minimum absolute atomic E-state index is 0.00136. The molecule has 1 unspecified atom stereocenters. The Balaban J connectivity index is 1.86. The van der Waals surface area contributed by atoms with E-state index in [9.17, 15) is 13.2 Å². The molecule has 30 heavy (non-hydrogen) atoms. The molecule has 1 saturated heterocycles. The van der Waals surface area contributed by atoms with E-state index < -0.39 is 10.0 Å². The fourth-order valence-corrected chi connectivity index (χ4v) is 5.82. The number of sulfonamides is 1. The maximum absolute atomic E-state index is 13.5. The number of carbonyl (C=O) groups is 1. The SMILES string of the molecule is CC(CN(C)C)NC(=O)[C@@H]1CC[C@H](c2ccccc2)N(S(=O)(=O)c2ccccc2)C1. The first-order valence-corrected chi connectivity index (χ1v) is 11.8. The molecule has 1 heterocycles.